The summed E-state index contributed by atoms with van der Waals surface area (Å²) in [4.78, 5) is 25.4. The standard InChI is InChI=1S/C30H34O7/c1-28(20-23-16-17-26(31)33-23)27(32)36-29(18-8-14-24(34-29)21-10-4-2-5-11-21)30(37-28)19-9-15-25(35-30)22-12-6-3-7-13-22/h2-7,10-13,23-25H,8-9,14-20H2,1H3/t23-,24-,25-,28+,29?,30?/m0/s1. The molecule has 4 aliphatic rings. The van der Waals surface area contributed by atoms with Crippen LogP contribution in [-0.2, 0) is 33.3 Å². The van der Waals surface area contributed by atoms with Gasteiger partial charge in [0.05, 0.1) is 12.2 Å². The van der Waals surface area contributed by atoms with Crippen LogP contribution in [-0.4, -0.2) is 35.2 Å². The number of hydrogen-bond donors (Lipinski definition) is 0. The Balaban J connectivity index is 1.37. The van der Waals surface area contributed by atoms with Gasteiger partial charge in [-0.05, 0) is 50.2 Å². The number of hydrogen-bond acceptors (Lipinski definition) is 7. The minimum absolute atomic E-state index is 0.219. The summed E-state index contributed by atoms with van der Waals surface area (Å²) in [5, 5.41) is 0. The second kappa shape index (κ2) is 9.53. The molecule has 6 rings (SSSR count). The van der Waals surface area contributed by atoms with Gasteiger partial charge in [0.1, 0.15) is 6.10 Å². The van der Waals surface area contributed by atoms with Gasteiger partial charge in [0.25, 0.3) is 5.79 Å². The van der Waals surface area contributed by atoms with Crippen LogP contribution in [0, 0.1) is 0 Å². The van der Waals surface area contributed by atoms with Gasteiger partial charge in [-0.25, -0.2) is 4.79 Å². The van der Waals surface area contributed by atoms with E-state index in [9.17, 15) is 9.59 Å². The Labute approximate surface area is 217 Å². The van der Waals surface area contributed by atoms with Crippen LogP contribution in [0.3, 0.4) is 0 Å². The van der Waals surface area contributed by atoms with E-state index in [1.807, 2.05) is 48.5 Å². The average Bonchev–Trinajstić information content (AvgIpc) is 3.33. The monoisotopic (exact) mass is 506 g/mol. The van der Waals surface area contributed by atoms with Crippen molar-refractivity contribution in [3.63, 3.8) is 0 Å². The van der Waals surface area contributed by atoms with Crippen molar-refractivity contribution in [1.29, 1.82) is 0 Å². The number of carbonyl (C=O) groups is 2. The van der Waals surface area contributed by atoms with E-state index in [0.717, 1.165) is 36.8 Å². The first-order valence-electron chi connectivity index (χ1n) is 13.5. The van der Waals surface area contributed by atoms with Crippen LogP contribution >= 0.6 is 0 Å². The van der Waals surface area contributed by atoms with Gasteiger partial charge in [0.15, 0.2) is 5.60 Å². The number of ether oxygens (including phenoxy) is 5. The Morgan fingerprint density at radius 2 is 1.35 bits per heavy atom. The Bertz CT molecular complexity index is 1140. The van der Waals surface area contributed by atoms with Gasteiger partial charge in [0.2, 0.25) is 5.79 Å². The maximum absolute atomic E-state index is 13.7. The van der Waals surface area contributed by atoms with Crippen molar-refractivity contribution in [2.45, 2.75) is 100 Å². The third kappa shape index (κ3) is 4.47. The molecule has 2 aromatic carbocycles. The molecule has 4 aliphatic heterocycles. The van der Waals surface area contributed by atoms with Crippen molar-refractivity contribution in [2.24, 2.45) is 0 Å². The van der Waals surface area contributed by atoms with Crippen molar-refractivity contribution in [3.05, 3.63) is 71.8 Å². The molecule has 0 saturated carbocycles. The molecule has 37 heavy (non-hydrogen) atoms. The third-order valence-corrected chi connectivity index (χ3v) is 8.20. The molecule has 0 amide bonds. The zero-order valence-corrected chi connectivity index (χ0v) is 21.2. The number of carbonyl (C=O) groups excluding carboxylic acids is 2. The van der Waals surface area contributed by atoms with E-state index in [2.05, 4.69) is 12.1 Å². The van der Waals surface area contributed by atoms with Gasteiger partial charge >= 0.3 is 11.9 Å². The normalized spacial score (nSPS) is 37.9. The minimum Gasteiger partial charge on any atom is -0.462 e. The molecule has 0 bridgehead atoms. The van der Waals surface area contributed by atoms with Crippen molar-refractivity contribution < 1.29 is 33.3 Å². The number of fused-ring (bicyclic) bond motifs is 1. The summed E-state index contributed by atoms with van der Waals surface area (Å²) < 4.78 is 32.3. The zero-order chi connectivity index (χ0) is 25.5. The first-order chi connectivity index (χ1) is 17.9. The quantitative estimate of drug-likeness (QED) is 0.493. The highest BCUT2D eigenvalue weighted by Gasteiger charge is 2.69. The fourth-order valence-corrected chi connectivity index (χ4v) is 6.36. The third-order valence-electron chi connectivity index (χ3n) is 8.20. The largest absolute Gasteiger partial charge is 0.462 e. The van der Waals surface area contributed by atoms with Crippen molar-refractivity contribution in [1.82, 2.24) is 0 Å². The molecule has 7 heteroatoms. The van der Waals surface area contributed by atoms with E-state index in [-0.39, 0.29) is 24.6 Å². The Morgan fingerprint density at radius 3 is 1.92 bits per heavy atom. The van der Waals surface area contributed by atoms with Crippen molar-refractivity contribution in [2.75, 3.05) is 0 Å². The van der Waals surface area contributed by atoms with E-state index in [4.69, 9.17) is 23.7 Å². The van der Waals surface area contributed by atoms with Crippen LogP contribution in [0.1, 0.15) is 88.0 Å². The first-order valence-corrected chi connectivity index (χ1v) is 13.5. The Hall–Kier alpha value is -2.74. The van der Waals surface area contributed by atoms with Crippen molar-refractivity contribution in [3.8, 4) is 0 Å². The second-order valence-electron chi connectivity index (χ2n) is 10.9. The second-order valence-corrected chi connectivity index (χ2v) is 10.9. The van der Waals surface area contributed by atoms with Crippen LogP contribution in [0.2, 0.25) is 0 Å². The highest BCUT2D eigenvalue weighted by atomic mass is 16.8. The number of esters is 2. The predicted octanol–water partition coefficient (Wildman–Crippen LogP) is 5.69. The van der Waals surface area contributed by atoms with E-state index >= 15 is 0 Å². The SMILES string of the molecule is C[C@]1(C[C@@H]2CCC(=O)O2)OC2(CCC[C@@H](c3ccccc3)O2)C2(CCC[C@@H](c3ccccc3)O2)OC1=O. The molecule has 0 aromatic heterocycles. The maximum atomic E-state index is 13.7. The molecule has 0 N–H and O–H groups in total. The molecule has 4 heterocycles. The summed E-state index contributed by atoms with van der Waals surface area (Å²) in [6.45, 7) is 1.73. The first kappa shape index (κ1) is 24.6. The summed E-state index contributed by atoms with van der Waals surface area (Å²) in [6, 6.07) is 20.1. The summed E-state index contributed by atoms with van der Waals surface area (Å²) in [5.74, 6) is -3.41. The molecule has 2 aromatic rings. The average molecular weight is 507 g/mol. The zero-order valence-electron chi connectivity index (χ0n) is 21.2. The van der Waals surface area contributed by atoms with E-state index in [0.29, 0.717) is 25.7 Å². The molecule has 0 aliphatic carbocycles. The molecule has 4 fully saturated rings. The van der Waals surface area contributed by atoms with Gasteiger partial charge in [-0.15, -0.1) is 0 Å². The fourth-order valence-electron chi connectivity index (χ4n) is 6.36. The topological polar surface area (TPSA) is 80.3 Å². The molecule has 196 valence electrons. The lowest BCUT2D eigenvalue weighted by Gasteiger charge is -2.59. The summed E-state index contributed by atoms with van der Waals surface area (Å²) in [7, 11) is 0. The number of cyclic esters (lactones) is 1. The number of rotatable bonds is 4. The van der Waals surface area contributed by atoms with Crippen LogP contribution in [0.15, 0.2) is 60.7 Å². The lowest BCUT2D eigenvalue weighted by atomic mass is 9.83. The highest BCUT2D eigenvalue weighted by molar-refractivity contribution is 5.81. The smallest absolute Gasteiger partial charge is 0.341 e. The molecule has 4 saturated heterocycles. The number of benzene rings is 2. The molecule has 2 unspecified atom stereocenters. The Kier molecular flexibility index (Phi) is 6.33. The van der Waals surface area contributed by atoms with E-state index in [1.54, 1.807) is 6.92 Å². The predicted molar refractivity (Wildman–Crippen MR) is 133 cm³/mol. The van der Waals surface area contributed by atoms with Gasteiger partial charge in [-0.2, -0.15) is 0 Å². The summed E-state index contributed by atoms with van der Waals surface area (Å²) in [6.07, 6.45) is 4.55. The van der Waals surface area contributed by atoms with Crippen LogP contribution in [0.4, 0.5) is 0 Å². The lowest BCUT2D eigenvalue weighted by Crippen LogP contribution is -2.72. The van der Waals surface area contributed by atoms with Gasteiger partial charge in [0, 0.05) is 25.7 Å². The molecular formula is C30H34O7. The van der Waals surface area contributed by atoms with Crippen LogP contribution in [0.5, 0.6) is 0 Å². The lowest BCUT2D eigenvalue weighted by molar-refractivity contribution is -0.473. The molecular weight excluding hydrogens is 472 g/mol. The van der Waals surface area contributed by atoms with E-state index < -0.39 is 29.2 Å². The fraction of sp³-hybridized carbons (Fsp3) is 0.533. The molecule has 0 radical (unpaired) electrons. The minimum atomic E-state index is -1.37. The van der Waals surface area contributed by atoms with Crippen molar-refractivity contribution >= 4 is 11.9 Å². The van der Waals surface area contributed by atoms with Gasteiger partial charge in [-0.1, -0.05) is 60.7 Å². The van der Waals surface area contributed by atoms with Gasteiger partial charge < -0.3 is 23.7 Å². The molecule has 6 atom stereocenters. The van der Waals surface area contributed by atoms with Crippen LogP contribution < -0.4 is 0 Å². The van der Waals surface area contributed by atoms with Crippen LogP contribution in [0.25, 0.3) is 0 Å². The maximum Gasteiger partial charge on any atom is 0.341 e. The van der Waals surface area contributed by atoms with E-state index in [1.165, 1.54) is 0 Å². The molecule has 7 nitrogen and oxygen atoms in total. The summed E-state index contributed by atoms with van der Waals surface area (Å²) >= 11 is 0. The van der Waals surface area contributed by atoms with Gasteiger partial charge in [-0.3, -0.25) is 4.79 Å². The Morgan fingerprint density at radius 1 is 0.784 bits per heavy atom. The molecule has 2 spiro atoms. The summed E-state index contributed by atoms with van der Waals surface area (Å²) in [5.41, 5.74) is 0.760. The highest BCUT2D eigenvalue weighted by Crippen LogP contribution is 2.56.